The Kier molecular flexibility index (Phi) is 2.84. The van der Waals surface area contributed by atoms with Gasteiger partial charge in [-0.3, -0.25) is 4.98 Å². The minimum atomic E-state index is 0.538. The van der Waals surface area contributed by atoms with Crippen LogP contribution in [0.3, 0.4) is 0 Å². The molecule has 0 spiro atoms. The van der Waals surface area contributed by atoms with Crippen LogP contribution in [0, 0.1) is 18.3 Å². The minimum absolute atomic E-state index is 0.538. The Morgan fingerprint density at radius 2 is 2.18 bits per heavy atom. The number of nitrogens with zero attached hydrogens (tertiary/aromatic N) is 2. The van der Waals surface area contributed by atoms with E-state index in [2.05, 4.69) is 16.4 Å². The quantitative estimate of drug-likeness (QED) is 0.856. The lowest BCUT2D eigenvalue weighted by Crippen LogP contribution is -1.98. The summed E-state index contributed by atoms with van der Waals surface area (Å²) in [5.74, 6) is 0.714. The van der Waals surface area contributed by atoms with Crippen LogP contribution in [0.2, 0.25) is 0 Å². The number of fused-ring (bicyclic) bond motifs is 1. The maximum Gasteiger partial charge on any atom is 0.145 e. The van der Waals surface area contributed by atoms with Crippen molar-refractivity contribution in [3.8, 4) is 11.8 Å². The maximum absolute atomic E-state index is 9.07. The molecule has 0 amide bonds. The third kappa shape index (κ3) is 1.66. The van der Waals surface area contributed by atoms with E-state index in [-0.39, 0.29) is 0 Å². The Bertz CT molecular complexity index is 614. The van der Waals surface area contributed by atoms with Gasteiger partial charge in [-0.25, -0.2) is 0 Å². The summed E-state index contributed by atoms with van der Waals surface area (Å²) in [6.07, 6.45) is 1.57. The molecule has 0 atom stereocenters. The molecule has 4 nitrogen and oxygen atoms in total. The number of rotatable bonds is 2. The van der Waals surface area contributed by atoms with Crippen molar-refractivity contribution in [1.29, 1.82) is 5.26 Å². The molecule has 0 unspecified atom stereocenters. The zero-order valence-corrected chi connectivity index (χ0v) is 10.0. The minimum Gasteiger partial charge on any atom is -0.494 e. The molecule has 1 aromatic carbocycles. The largest absolute Gasteiger partial charge is 0.494 e. The maximum atomic E-state index is 9.07. The lowest BCUT2D eigenvalue weighted by atomic mass is 10.0. The smallest absolute Gasteiger partial charge is 0.145 e. The highest BCUT2D eigenvalue weighted by atomic mass is 16.5. The van der Waals surface area contributed by atoms with Crippen LogP contribution < -0.4 is 10.1 Å². The molecule has 86 valence electrons. The molecule has 1 N–H and O–H groups in total. The number of pyridine rings is 1. The summed E-state index contributed by atoms with van der Waals surface area (Å²) in [6, 6.07) is 5.99. The number of nitrogens with one attached hydrogen (secondary N) is 1. The first-order chi connectivity index (χ1) is 8.22. The van der Waals surface area contributed by atoms with Crippen LogP contribution in [-0.2, 0) is 0 Å². The summed E-state index contributed by atoms with van der Waals surface area (Å²) in [4.78, 5) is 4.30. The number of aromatic nitrogens is 1. The van der Waals surface area contributed by atoms with Gasteiger partial charge in [0.1, 0.15) is 17.3 Å². The van der Waals surface area contributed by atoms with Gasteiger partial charge in [0.2, 0.25) is 0 Å². The van der Waals surface area contributed by atoms with Crippen LogP contribution >= 0.6 is 0 Å². The second-order valence-electron chi connectivity index (χ2n) is 3.72. The van der Waals surface area contributed by atoms with Gasteiger partial charge < -0.3 is 10.1 Å². The third-order valence-corrected chi connectivity index (χ3v) is 2.78. The van der Waals surface area contributed by atoms with Gasteiger partial charge in [0.05, 0.1) is 18.4 Å². The fraction of sp³-hybridized carbons (Fsp3) is 0.231. The number of aryl methyl sites for hydroxylation is 1. The highest BCUT2D eigenvalue weighted by molar-refractivity contribution is 5.99. The van der Waals surface area contributed by atoms with Crippen LogP contribution in [0.15, 0.2) is 18.3 Å². The Hall–Kier alpha value is -2.28. The Morgan fingerprint density at radius 3 is 2.76 bits per heavy atom. The number of nitriles is 1. The average Bonchev–Trinajstić information content (AvgIpc) is 2.37. The first-order valence-electron chi connectivity index (χ1n) is 5.27. The van der Waals surface area contributed by atoms with E-state index in [1.807, 2.05) is 19.1 Å². The summed E-state index contributed by atoms with van der Waals surface area (Å²) < 4.78 is 5.28. The van der Waals surface area contributed by atoms with Crippen molar-refractivity contribution in [2.45, 2.75) is 6.92 Å². The number of ether oxygens (including phenoxy) is 1. The fourth-order valence-electron chi connectivity index (χ4n) is 1.95. The van der Waals surface area contributed by atoms with Crippen molar-refractivity contribution >= 4 is 16.6 Å². The molecule has 0 saturated carbocycles. The van der Waals surface area contributed by atoms with Gasteiger partial charge >= 0.3 is 0 Å². The highest BCUT2D eigenvalue weighted by Crippen LogP contribution is 2.33. The molecule has 2 rings (SSSR count). The molecule has 0 aliphatic rings. The van der Waals surface area contributed by atoms with E-state index >= 15 is 0 Å². The standard InChI is InChI=1S/C13H13N3O/c1-8-4-5-10(17-3)13-11(8)12(15-2)9(6-14)7-16-13/h4-5,7H,1-3H3,(H,15,16). The van der Waals surface area contributed by atoms with Crippen molar-refractivity contribution in [3.63, 3.8) is 0 Å². The van der Waals surface area contributed by atoms with Crippen molar-refractivity contribution in [2.24, 2.45) is 0 Å². The van der Waals surface area contributed by atoms with Crippen molar-refractivity contribution in [3.05, 3.63) is 29.5 Å². The molecule has 2 aromatic rings. The van der Waals surface area contributed by atoms with Crippen LogP contribution in [0.1, 0.15) is 11.1 Å². The molecule has 4 heteroatoms. The molecule has 0 fully saturated rings. The lowest BCUT2D eigenvalue weighted by molar-refractivity contribution is 0.419. The summed E-state index contributed by atoms with van der Waals surface area (Å²) >= 11 is 0. The number of hydrogen-bond donors (Lipinski definition) is 1. The molecular formula is C13H13N3O. The lowest BCUT2D eigenvalue weighted by Gasteiger charge is -2.12. The molecule has 0 aliphatic carbocycles. The zero-order chi connectivity index (χ0) is 12.4. The number of anilines is 1. The summed E-state index contributed by atoms with van der Waals surface area (Å²) in [5.41, 5.74) is 3.18. The predicted octanol–water partition coefficient (Wildman–Crippen LogP) is 2.47. The van der Waals surface area contributed by atoms with Crippen molar-refractivity contribution < 1.29 is 4.74 Å². The van der Waals surface area contributed by atoms with E-state index in [1.165, 1.54) is 0 Å². The van der Waals surface area contributed by atoms with Crippen LogP contribution in [0.4, 0.5) is 5.69 Å². The monoisotopic (exact) mass is 227 g/mol. The molecule has 0 saturated heterocycles. The van der Waals surface area contributed by atoms with Gasteiger partial charge in [-0.1, -0.05) is 6.07 Å². The van der Waals surface area contributed by atoms with Crippen molar-refractivity contribution in [2.75, 3.05) is 19.5 Å². The van der Waals surface area contributed by atoms with Crippen LogP contribution in [0.5, 0.6) is 5.75 Å². The Morgan fingerprint density at radius 1 is 1.41 bits per heavy atom. The Labute approximate surface area is 99.8 Å². The summed E-state index contributed by atoms with van der Waals surface area (Å²) in [5, 5.41) is 13.1. The molecule has 0 aliphatic heterocycles. The van der Waals surface area contributed by atoms with Gasteiger partial charge in [0, 0.05) is 18.6 Å². The van der Waals surface area contributed by atoms with Gasteiger partial charge in [-0.15, -0.1) is 0 Å². The molecule has 17 heavy (non-hydrogen) atoms. The van der Waals surface area contributed by atoms with Gasteiger partial charge in [-0.05, 0) is 18.6 Å². The zero-order valence-electron chi connectivity index (χ0n) is 10.0. The second-order valence-corrected chi connectivity index (χ2v) is 3.72. The second kappa shape index (κ2) is 4.30. The first kappa shape index (κ1) is 11.2. The average molecular weight is 227 g/mol. The summed E-state index contributed by atoms with van der Waals surface area (Å²) in [6.45, 7) is 1.99. The van der Waals surface area contributed by atoms with E-state index in [0.29, 0.717) is 11.3 Å². The van der Waals surface area contributed by atoms with E-state index in [9.17, 15) is 0 Å². The normalized spacial score (nSPS) is 10.0. The van der Waals surface area contributed by atoms with Crippen LogP contribution in [-0.4, -0.2) is 19.1 Å². The molecule has 0 bridgehead atoms. The van der Waals surface area contributed by atoms with E-state index in [4.69, 9.17) is 10.00 Å². The number of methoxy groups -OCH3 is 1. The SMILES string of the molecule is CNc1c(C#N)cnc2c(OC)ccc(C)c12. The summed E-state index contributed by atoms with van der Waals surface area (Å²) in [7, 11) is 3.41. The fourth-order valence-corrected chi connectivity index (χ4v) is 1.95. The first-order valence-corrected chi connectivity index (χ1v) is 5.27. The van der Waals surface area contributed by atoms with Gasteiger partial charge in [0.25, 0.3) is 0 Å². The van der Waals surface area contributed by atoms with E-state index in [1.54, 1.807) is 20.4 Å². The topological polar surface area (TPSA) is 57.9 Å². The van der Waals surface area contributed by atoms with E-state index < -0.39 is 0 Å². The molecule has 0 radical (unpaired) electrons. The Balaban J connectivity index is 2.94. The van der Waals surface area contributed by atoms with Gasteiger partial charge in [-0.2, -0.15) is 5.26 Å². The van der Waals surface area contributed by atoms with Crippen LogP contribution in [0.25, 0.3) is 10.9 Å². The molecule has 1 heterocycles. The van der Waals surface area contributed by atoms with Crippen molar-refractivity contribution in [1.82, 2.24) is 4.98 Å². The van der Waals surface area contributed by atoms with E-state index in [0.717, 1.165) is 22.2 Å². The van der Waals surface area contributed by atoms with Gasteiger partial charge in [0.15, 0.2) is 0 Å². The molecular weight excluding hydrogens is 214 g/mol. The third-order valence-electron chi connectivity index (χ3n) is 2.78. The number of hydrogen-bond acceptors (Lipinski definition) is 4. The molecule has 1 aromatic heterocycles. The predicted molar refractivity (Wildman–Crippen MR) is 67.3 cm³/mol. The number of benzene rings is 1. The highest BCUT2D eigenvalue weighted by Gasteiger charge is 2.12.